The van der Waals surface area contributed by atoms with Crippen molar-refractivity contribution in [2.45, 2.75) is 39.0 Å². The van der Waals surface area contributed by atoms with Crippen LogP contribution >= 0.6 is 0 Å². The number of rotatable bonds is 4. The number of hydrogen-bond acceptors (Lipinski definition) is 2. The van der Waals surface area contributed by atoms with Crippen LogP contribution in [0, 0.1) is 0 Å². The number of Topliss-reactive ketones (excluding diaryl/α,β-unsaturated/α-hetero) is 1. The molecular formula is C14H18O2. The topological polar surface area (TPSA) is 34.1 Å². The summed E-state index contributed by atoms with van der Waals surface area (Å²) in [5.74, 6) is 0.0348. The highest BCUT2D eigenvalue weighted by Crippen LogP contribution is 2.22. The van der Waals surface area contributed by atoms with E-state index < -0.39 is 0 Å². The Kier molecular flexibility index (Phi) is 3.99. The number of ketones is 1. The minimum Gasteiger partial charge on any atom is -0.303 e. The van der Waals surface area contributed by atoms with E-state index in [1.54, 1.807) is 0 Å². The van der Waals surface area contributed by atoms with E-state index in [4.69, 9.17) is 0 Å². The van der Waals surface area contributed by atoms with E-state index in [9.17, 15) is 9.59 Å². The Morgan fingerprint density at radius 2 is 1.75 bits per heavy atom. The second-order valence-electron chi connectivity index (χ2n) is 4.96. The van der Waals surface area contributed by atoms with Gasteiger partial charge in [-0.1, -0.05) is 45.0 Å². The van der Waals surface area contributed by atoms with Gasteiger partial charge in [0, 0.05) is 18.4 Å². The molecule has 0 N–H and O–H groups in total. The summed E-state index contributed by atoms with van der Waals surface area (Å²) >= 11 is 0. The Morgan fingerprint density at radius 3 is 2.19 bits per heavy atom. The van der Waals surface area contributed by atoms with Crippen LogP contribution in [0.3, 0.4) is 0 Å². The van der Waals surface area contributed by atoms with Gasteiger partial charge in [0.2, 0.25) is 0 Å². The molecule has 0 aliphatic rings. The maximum atomic E-state index is 11.6. The molecule has 0 amide bonds. The van der Waals surface area contributed by atoms with E-state index in [0.717, 1.165) is 6.29 Å². The Bertz CT molecular complexity index is 369. The van der Waals surface area contributed by atoms with Crippen LogP contribution in [0.15, 0.2) is 24.3 Å². The zero-order chi connectivity index (χ0) is 12.2. The molecule has 0 spiro atoms. The lowest BCUT2D eigenvalue weighted by atomic mass is 9.86. The lowest BCUT2D eigenvalue weighted by molar-refractivity contribution is -0.107. The van der Waals surface area contributed by atoms with Crippen LogP contribution in [0.4, 0.5) is 0 Å². The molecule has 0 unspecified atom stereocenters. The molecule has 0 aliphatic carbocycles. The van der Waals surface area contributed by atoms with Crippen LogP contribution < -0.4 is 0 Å². The normalized spacial score (nSPS) is 11.2. The fraction of sp³-hybridized carbons (Fsp3) is 0.429. The SMILES string of the molecule is CC(C)(C)c1ccc(C(=O)CCC=O)cc1. The first kappa shape index (κ1) is 12.6. The van der Waals surface area contributed by atoms with Gasteiger partial charge in [0.15, 0.2) is 5.78 Å². The molecule has 0 atom stereocenters. The average Bonchev–Trinajstić information content (AvgIpc) is 2.25. The third-order valence-corrected chi connectivity index (χ3v) is 2.56. The smallest absolute Gasteiger partial charge is 0.163 e. The van der Waals surface area contributed by atoms with Crippen molar-refractivity contribution in [3.63, 3.8) is 0 Å². The zero-order valence-electron chi connectivity index (χ0n) is 10.1. The van der Waals surface area contributed by atoms with Crippen molar-refractivity contribution in [2.75, 3.05) is 0 Å². The van der Waals surface area contributed by atoms with Gasteiger partial charge < -0.3 is 4.79 Å². The predicted molar refractivity (Wildman–Crippen MR) is 64.8 cm³/mol. The molecule has 0 heterocycles. The van der Waals surface area contributed by atoms with E-state index in [1.807, 2.05) is 24.3 Å². The summed E-state index contributed by atoms with van der Waals surface area (Å²) in [6.07, 6.45) is 1.39. The third-order valence-electron chi connectivity index (χ3n) is 2.56. The number of carbonyl (C=O) groups excluding carboxylic acids is 2. The van der Waals surface area contributed by atoms with Gasteiger partial charge in [-0.25, -0.2) is 0 Å². The Morgan fingerprint density at radius 1 is 1.19 bits per heavy atom. The molecule has 86 valence electrons. The number of benzene rings is 1. The van der Waals surface area contributed by atoms with Crippen LogP contribution in [0.25, 0.3) is 0 Å². The van der Waals surface area contributed by atoms with Crippen molar-refractivity contribution in [1.82, 2.24) is 0 Å². The highest BCUT2D eigenvalue weighted by molar-refractivity contribution is 5.96. The minimum atomic E-state index is 0.0348. The lowest BCUT2D eigenvalue weighted by Crippen LogP contribution is -2.11. The van der Waals surface area contributed by atoms with E-state index in [1.165, 1.54) is 5.56 Å². The lowest BCUT2D eigenvalue weighted by Gasteiger charge is -2.18. The second-order valence-corrected chi connectivity index (χ2v) is 4.96. The number of aldehydes is 1. The van der Waals surface area contributed by atoms with Crippen molar-refractivity contribution >= 4 is 12.1 Å². The quantitative estimate of drug-likeness (QED) is 0.574. The van der Waals surface area contributed by atoms with E-state index in [2.05, 4.69) is 20.8 Å². The molecule has 2 nitrogen and oxygen atoms in total. The summed E-state index contributed by atoms with van der Waals surface area (Å²) in [7, 11) is 0. The molecule has 0 fully saturated rings. The maximum absolute atomic E-state index is 11.6. The summed E-state index contributed by atoms with van der Waals surface area (Å²) in [6.45, 7) is 6.41. The minimum absolute atomic E-state index is 0.0348. The molecule has 0 bridgehead atoms. The van der Waals surface area contributed by atoms with Crippen molar-refractivity contribution in [2.24, 2.45) is 0 Å². The molecular weight excluding hydrogens is 200 g/mol. The molecule has 0 radical (unpaired) electrons. The van der Waals surface area contributed by atoms with Crippen molar-refractivity contribution in [3.8, 4) is 0 Å². The summed E-state index contributed by atoms with van der Waals surface area (Å²) in [5, 5.41) is 0. The van der Waals surface area contributed by atoms with Crippen molar-refractivity contribution < 1.29 is 9.59 Å². The van der Waals surface area contributed by atoms with E-state index in [-0.39, 0.29) is 11.2 Å². The third kappa shape index (κ3) is 3.30. The van der Waals surface area contributed by atoms with Crippen LogP contribution in [-0.4, -0.2) is 12.1 Å². The first-order valence-electron chi connectivity index (χ1n) is 5.52. The van der Waals surface area contributed by atoms with Gasteiger partial charge in [0.25, 0.3) is 0 Å². The summed E-state index contributed by atoms with van der Waals surface area (Å²) < 4.78 is 0. The highest BCUT2D eigenvalue weighted by Gasteiger charge is 2.13. The molecule has 0 aliphatic heterocycles. The number of hydrogen-bond donors (Lipinski definition) is 0. The molecule has 0 aromatic heterocycles. The van der Waals surface area contributed by atoms with Crippen LogP contribution in [0.5, 0.6) is 0 Å². The molecule has 0 saturated heterocycles. The monoisotopic (exact) mass is 218 g/mol. The van der Waals surface area contributed by atoms with Gasteiger partial charge in [0.05, 0.1) is 0 Å². The van der Waals surface area contributed by atoms with Gasteiger partial charge in [-0.15, -0.1) is 0 Å². The molecule has 0 saturated carbocycles. The summed E-state index contributed by atoms with van der Waals surface area (Å²) in [6, 6.07) is 7.64. The first-order valence-corrected chi connectivity index (χ1v) is 5.52. The molecule has 1 rings (SSSR count). The van der Waals surface area contributed by atoms with Gasteiger partial charge in [-0.2, -0.15) is 0 Å². The Labute approximate surface area is 96.7 Å². The van der Waals surface area contributed by atoms with Crippen LogP contribution in [0.2, 0.25) is 0 Å². The Balaban J connectivity index is 2.79. The van der Waals surface area contributed by atoms with Gasteiger partial charge in [-0.05, 0) is 11.0 Å². The van der Waals surface area contributed by atoms with Crippen molar-refractivity contribution in [3.05, 3.63) is 35.4 Å². The Hall–Kier alpha value is -1.44. The zero-order valence-corrected chi connectivity index (χ0v) is 10.1. The highest BCUT2D eigenvalue weighted by atomic mass is 16.1. The summed E-state index contributed by atoms with van der Waals surface area (Å²) in [4.78, 5) is 21.8. The largest absolute Gasteiger partial charge is 0.303 e. The fourth-order valence-electron chi connectivity index (χ4n) is 1.49. The van der Waals surface area contributed by atoms with Gasteiger partial charge in [0.1, 0.15) is 6.29 Å². The maximum Gasteiger partial charge on any atom is 0.163 e. The van der Waals surface area contributed by atoms with Crippen LogP contribution in [-0.2, 0) is 10.2 Å². The molecule has 16 heavy (non-hydrogen) atoms. The van der Waals surface area contributed by atoms with Crippen LogP contribution in [0.1, 0.15) is 49.5 Å². The average molecular weight is 218 g/mol. The second kappa shape index (κ2) is 5.06. The van der Waals surface area contributed by atoms with E-state index >= 15 is 0 Å². The standard InChI is InChI=1S/C14H18O2/c1-14(2,3)12-8-6-11(7-9-12)13(16)5-4-10-15/h6-10H,4-5H2,1-3H3. The first-order chi connectivity index (χ1) is 7.45. The summed E-state index contributed by atoms with van der Waals surface area (Å²) in [5.41, 5.74) is 2.00. The van der Waals surface area contributed by atoms with Gasteiger partial charge >= 0.3 is 0 Å². The molecule has 1 aromatic rings. The van der Waals surface area contributed by atoms with E-state index in [0.29, 0.717) is 18.4 Å². The molecule has 1 aromatic carbocycles. The van der Waals surface area contributed by atoms with Crippen molar-refractivity contribution in [1.29, 1.82) is 0 Å². The predicted octanol–water partition coefficient (Wildman–Crippen LogP) is 3.15. The number of carbonyl (C=O) groups is 2. The van der Waals surface area contributed by atoms with Gasteiger partial charge in [-0.3, -0.25) is 4.79 Å². The molecule has 2 heteroatoms. The fourth-order valence-corrected chi connectivity index (χ4v) is 1.49.